The maximum Gasteiger partial charge on any atom is 0.0589 e. The minimum absolute atomic E-state index is 0.583. The van der Waals surface area contributed by atoms with Crippen molar-refractivity contribution in [1.82, 2.24) is 4.90 Å². The maximum atomic E-state index is 8.05. The summed E-state index contributed by atoms with van der Waals surface area (Å²) in [5.74, 6) is 0. The van der Waals surface area contributed by atoms with Crippen LogP contribution in [0.15, 0.2) is 5.11 Å². The fraction of sp³-hybridized carbons (Fsp3) is 1.00. The Morgan fingerprint density at radius 3 is 2.77 bits per heavy atom. The molecule has 0 heterocycles. The van der Waals surface area contributed by atoms with Gasteiger partial charge in [-0.25, -0.2) is 0 Å². The maximum absolute atomic E-state index is 8.05. The molecule has 76 valence electrons. The molecule has 0 aliphatic rings. The first-order chi connectivity index (χ1) is 6.35. The molecule has 0 saturated carbocycles. The van der Waals surface area contributed by atoms with Crippen LogP contribution in [0.4, 0.5) is 0 Å². The van der Waals surface area contributed by atoms with E-state index in [1.165, 1.54) is 0 Å². The summed E-state index contributed by atoms with van der Waals surface area (Å²) in [5.41, 5.74) is 8.05. The molecule has 0 aromatic rings. The summed E-state index contributed by atoms with van der Waals surface area (Å²) in [4.78, 5) is 4.98. The van der Waals surface area contributed by atoms with Crippen LogP contribution in [0.5, 0.6) is 0 Å². The Hall–Kier alpha value is -0.770. The van der Waals surface area contributed by atoms with Crippen molar-refractivity contribution in [3.8, 4) is 0 Å². The standard InChI is InChI=1S/C8H18N4O/c1-3-12(7-8-13-2)6-4-5-10-11-9/h3-8H2,1-2H3. The van der Waals surface area contributed by atoms with Crippen LogP contribution in [-0.2, 0) is 4.74 Å². The number of rotatable bonds is 8. The largest absolute Gasteiger partial charge is 0.383 e. The minimum atomic E-state index is 0.583. The third-order valence-corrected chi connectivity index (χ3v) is 1.85. The number of nitrogens with zero attached hydrogens (tertiary/aromatic N) is 4. The Morgan fingerprint density at radius 2 is 2.23 bits per heavy atom. The van der Waals surface area contributed by atoms with Crippen LogP contribution in [0, 0.1) is 0 Å². The van der Waals surface area contributed by atoms with Crippen molar-refractivity contribution in [2.45, 2.75) is 13.3 Å². The molecule has 0 fully saturated rings. The molecular formula is C8H18N4O. The number of hydrogen-bond acceptors (Lipinski definition) is 3. The van der Waals surface area contributed by atoms with Crippen molar-refractivity contribution in [1.29, 1.82) is 0 Å². The first-order valence-corrected chi connectivity index (χ1v) is 4.57. The fourth-order valence-corrected chi connectivity index (χ4v) is 1.06. The van der Waals surface area contributed by atoms with Crippen molar-refractivity contribution in [2.24, 2.45) is 5.11 Å². The van der Waals surface area contributed by atoms with E-state index in [4.69, 9.17) is 10.3 Å². The highest BCUT2D eigenvalue weighted by atomic mass is 16.5. The van der Waals surface area contributed by atoms with Gasteiger partial charge >= 0.3 is 0 Å². The predicted molar refractivity (Wildman–Crippen MR) is 52.6 cm³/mol. The van der Waals surface area contributed by atoms with Crippen molar-refractivity contribution in [3.63, 3.8) is 0 Å². The molecule has 13 heavy (non-hydrogen) atoms. The first kappa shape index (κ1) is 12.2. The van der Waals surface area contributed by atoms with Crippen LogP contribution >= 0.6 is 0 Å². The van der Waals surface area contributed by atoms with E-state index in [-0.39, 0.29) is 0 Å². The highest BCUT2D eigenvalue weighted by molar-refractivity contribution is 4.56. The normalized spacial score (nSPS) is 10.1. The van der Waals surface area contributed by atoms with Gasteiger partial charge in [-0.2, -0.15) is 0 Å². The first-order valence-electron chi connectivity index (χ1n) is 4.57. The Bertz CT molecular complexity index is 156. The number of methoxy groups -OCH3 is 1. The zero-order valence-corrected chi connectivity index (χ0v) is 8.44. The lowest BCUT2D eigenvalue weighted by molar-refractivity contribution is 0.150. The summed E-state index contributed by atoms with van der Waals surface area (Å²) in [7, 11) is 1.70. The fourth-order valence-electron chi connectivity index (χ4n) is 1.06. The van der Waals surface area contributed by atoms with E-state index in [9.17, 15) is 0 Å². The summed E-state index contributed by atoms with van der Waals surface area (Å²) in [5, 5.41) is 3.48. The van der Waals surface area contributed by atoms with Gasteiger partial charge in [-0.3, -0.25) is 0 Å². The Kier molecular flexibility index (Phi) is 8.77. The lowest BCUT2D eigenvalue weighted by atomic mass is 10.4. The summed E-state index contributed by atoms with van der Waals surface area (Å²) in [6.45, 7) is 6.39. The van der Waals surface area contributed by atoms with E-state index in [0.29, 0.717) is 6.54 Å². The summed E-state index contributed by atoms with van der Waals surface area (Å²) < 4.78 is 4.98. The van der Waals surface area contributed by atoms with Gasteiger partial charge in [0.2, 0.25) is 0 Å². The highest BCUT2D eigenvalue weighted by Crippen LogP contribution is 1.92. The highest BCUT2D eigenvalue weighted by Gasteiger charge is 1.99. The molecule has 0 amide bonds. The smallest absolute Gasteiger partial charge is 0.0589 e. The van der Waals surface area contributed by atoms with Crippen molar-refractivity contribution in [3.05, 3.63) is 10.4 Å². The summed E-state index contributed by atoms with van der Waals surface area (Å²) in [6, 6.07) is 0. The van der Waals surface area contributed by atoms with E-state index in [0.717, 1.165) is 32.7 Å². The molecule has 0 N–H and O–H groups in total. The van der Waals surface area contributed by atoms with E-state index in [1.807, 2.05) is 0 Å². The van der Waals surface area contributed by atoms with Gasteiger partial charge < -0.3 is 9.64 Å². The zero-order chi connectivity index (χ0) is 9.94. The molecule has 0 atom stereocenters. The minimum Gasteiger partial charge on any atom is -0.383 e. The molecule has 0 bridgehead atoms. The average molecular weight is 186 g/mol. The Labute approximate surface area is 79.3 Å². The molecule has 0 aliphatic carbocycles. The molecule has 0 rings (SSSR count). The van der Waals surface area contributed by atoms with Crippen LogP contribution < -0.4 is 0 Å². The van der Waals surface area contributed by atoms with E-state index in [2.05, 4.69) is 21.8 Å². The topological polar surface area (TPSA) is 61.2 Å². The molecule has 0 aromatic heterocycles. The van der Waals surface area contributed by atoms with Crippen molar-refractivity contribution < 1.29 is 4.74 Å². The number of hydrogen-bond donors (Lipinski definition) is 0. The number of azide groups is 1. The second-order valence-corrected chi connectivity index (χ2v) is 2.74. The third kappa shape index (κ3) is 7.59. The lowest BCUT2D eigenvalue weighted by Crippen LogP contribution is -2.28. The van der Waals surface area contributed by atoms with Gasteiger partial charge in [0.25, 0.3) is 0 Å². The second kappa shape index (κ2) is 9.32. The van der Waals surface area contributed by atoms with Crippen LogP contribution in [0.3, 0.4) is 0 Å². The molecule has 0 aromatic carbocycles. The summed E-state index contributed by atoms with van der Waals surface area (Å²) in [6.07, 6.45) is 0.918. The van der Waals surface area contributed by atoms with Crippen molar-refractivity contribution in [2.75, 3.05) is 39.9 Å². The van der Waals surface area contributed by atoms with E-state index in [1.54, 1.807) is 7.11 Å². The molecular weight excluding hydrogens is 168 g/mol. The molecule has 0 aliphatic heterocycles. The lowest BCUT2D eigenvalue weighted by Gasteiger charge is -2.18. The second-order valence-electron chi connectivity index (χ2n) is 2.74. The SMILES string of the molecule is CCN(CCCN=[N+]=[N-])CCOC. The van der Waals surface area contributed by atoms with Gasteiger partial charge in [-0.05, 0) is 25.0 Å². The molecule has 0 unspecified atom stereocenters. The van der Waals surface area contributed by atoms with Crippen LogP contribution in [0.1, 0.15) is 13.3 Å². The predicted octanol–water partition coefficient (Wildman–Crippen LogP) is 1.66. The van der Waals surface area contributed by atoms with E-state index < -0.39 is 0 Å². The van der Waals surface area contributed by atoms with E-state index >= 15 is 0 Å². The van der Waals surface area contributed by atoms with Gasteiger partial charge in [0, 0.05) is 25.1 Å². The van der Waals surface area contributed by atoms with Gasteiger partial charge in [0.05, 0.1) is 6.61 Å². The van der Waals surface area contributed by atoms with Gasteiger partial charge in [0.1, 0.15) is 0 Å². The monoisotopic (exact) mass is 186 g/mol. The Morgan fingerprint density at radius 1 is 1.46 bits per heavy atom. The van der Waals surface area contributed by atoms with Crippen LogP contribution in [0.25, 0.3) is 10.4 Å². The molecule has 0 radical (unpaired) electrons. The molecule has 0 spiro atoms. The number of likely N-dealkylation sites (N-methyl/N-ethyl adjacent to an activating group) is 1. The Balaban J connectivity index is 3.41. The zero-order valence-electron chi connectivity index (χ0n) is 8.44. The number of ether oxygens (including phenoxy) is 1. The molecule has 5 heteroatoms. The molecule has 0 saturated heterocycles. The van der Waals surface area contributed by atoms with Gasteiger partial charge in [0.15, 0.2) is 0 Å². The van der Waals surface area contributed by atoms with Crippen LogP contribution in [0.2, 0.25) is 0 Å². The molecule has 5 nitrogen and oxygen atoms in total. The summed E-state index contributed by atoms with van der Waals surface area (Å²) >= 11 is 0. The quantitative estimate of drug-likeness (QED) is 0.250. The van der Waals surface area contributed by atoms with Gasteiger partial charge in [-0.15, -0.1) is 0 Å². The van der Waals surface area contributed by atoms with Crippen LogP contribution in [-0.4, -0.2) is 44.8 Å². The third-order valence-electron chi connectivity index (χ3n) is 1.85. The average Bonchev–Trinajstić information content (AvgIpc) is 2.17. The van der Waals surface area contributed by atoms with Gasteiger partial charge in [-0.1, -0.05) is 12.0 Å². The van der Waals surface area contributed by atoms with Crippen molar-refractivity contribution >= 4 is 0 Å².